The van der Waals surface area contributed by atoms with Crippen LogP contribution < -0.4 is 0 Å². The molecule has 90 valence electrons. The minimum absolute atomic E-state index is 1.04. The molecule has 0 fully saturated rings. The van der Waals surface area contributed by atoms with Gasteiger partial charge in [-0.05, 0) is 38.0 Å². The molecule has 2 heterocycles. The summed E-state index contributed by atoms with van der Waals surface area (Å²) < 4.78 is 1.91. The summed E-state index contributed by atoms with van der Waals surface area (Å²) in [6.07, 6.45) is 4.09. The van der Waals surface area contributed by atoms with Crippen molar-refractivity contribution in [2.24, 2.45) is 7.05 Å². The minimum Gasteiger partial charge on any atom is -0.272 e. The van der Waals surface area contributed by atoms with E-state index in [-0.39, 0.29) is 0 Å². The maximum atomic E-state index is 4.56. The minimum atomic E-state index is 1.04. The molecule has 0 radical (unpaired) electrons. The Hall–Kier alpha value is -1.64. The molecule has 2 aromatic rings. The van der Waals surface area contributed by atoms with Crippen molar-refractivity contribution in [3.05, 3.63) is 35.4 Å². The van der Waals surface area contributed by atoms with Gasteiger partial charge < -0.3 is 0 Å². The molecule has 3 nitrogen and oxygen atoms in total. The molecule has 2 rings (SSSR count). The topological polar surface area (TPSA) is 30.7 Å². The van der Waals surface area contributed by atoms with E-state index < -0.39 is 0 Å². The zero-order valence-electron chi connectivity index (χ0n) is 11.0. The third-order valence-corrected chi connectivity index (χ3v) is 3.06. The lowest BCUT2D eigenvalue weighted by Gasteiger charge is -2.06. The van der Waals surface area contributed by atoms with Crippen molar-refractivity contribution < 1.29 is 0 Å². The molecule has 2 aromatic heterocycles. The molecule has 3 heteroatoms. The lowest BCUT2D eigenvalue weighted by molar-refractivity contribution is 0.740. The van der Waals surface area contributed by atoms with Crippen LogP contribution in [0.4, 0.5) is 0 Å². The molecular formula is C14H19N3. The van der Waals surface area contributed by atoms with Crippen LogP contribution in [0.25, 0.3) is 11.1 Å². The third kappa shape index (κ3) is 2.38. The average molecular weight is 229 g/mol. The zero-order valence-corrected chi connectivity index (χ0v) is 11.0. The summed E-state index contributed by atoms with van der Waals surface area (Å²) in [5, 5.41) is 4.29. The van der Waals surface area contributed by atoms with Crippen LogP contribution in [-0.2, 0) is 13.5 Å². The monoisotopic (exact) mass is 229 g/mol. The molecule has 0 aromatic carbocycles. The summed E-state index contributed by atoms with van der Waals surface area (Å²) in [6.45, 7) is 6.32. The van der Waals surface area contributed by atoms with Crippen molar-refractivity contribution in [3.8, 4) is 11.1 Å². The van der Waals surface area contributed by atoms with Crippen molar-refractivity contribution in [1.82, 2.24) is 14.8 Å². The summed E-state index contributed by atoms with van der Waals surface area (Å²) in [7, 11) is 1.97. The predicted molar refractivity (Wildman–Crippen MR) is 69.9 cm³/mol. The second-order valence-electron chi connectivity index (χ2n) is 4.51. The van der Waals surface area contributed by atoms with Gasteiger partial charge in [0.05, 0.1) is 6.20 Å². The maximum Gasteiger partial charge on any atom is 0.0571 e. The molecule has 0 saturated carbocycles. The van der Waals surface area contributed by atoms with Gasteiger partial charge in [0.15, 0.2) is 0 Å². The molecule has 17 heavy (non-hydrogen) atoms. The van der Waals surface area contributed by atoms with Crippen molar-refractivity contribution in [2.45, 2.75) is 33.6 Å². The van der Waals surface area contributed by atoms with Crippen LogP contribution in [0.5, 0.6) is 0 Å². The Kier molecular flexibility index (Phi) is 3.27. The van der Waals surface area contributed by atoms with E-state index >= 15 is 0 Å². The second-order valence-corrected chi connectivity index (χ2v) is 4.51. The first-order valence-electron chi connectivity index (χ1n) is 6.08. The Labute approximate surface area is 103 Å². The first kappa shape index (κ1) is 11.8. The lowest BCUT2D eigenvalue weighted by Crippen LogP contribution is -1.95. The highest BCUT2D eigenvalue weighted by Gasteiger charge is 2.08. The van der Waals surface area contributed by atoms with Gasteiger partial charge in [0.1, 0.15) is 0 Å². The number of hydrogen-bond acceptors (Lipinski definition) is 2. The smallest absolute Gasteiger partial charge is 0.0571 e. The quantitative estimate of drug-likeness (QED) is 0.810. The highest BCUT2D eigenvalue weighted by atomic mass is 15.3. The number of rotatable bonds is 3. The van der Waals surface area contributed by atoms with Crippen LogP contribution in [0, 0.1) is 13.8 Å². The van der Waals surface area contributed by atoms with Gasteiger partial charge in [-0.15, -0.1) is 0 Å². The molecule has 0 aliphatic rings. The summed E-state index contributed by atoms with van der Waals surface area (Å²) in [5.74, 6) is 0. The van der Waals surface area contributed by atoms with E-state index in [4.69, 9.17) is 0 Å². The Morgan fingerprint density at radius 1 is 1.24 bits per heavy atom. The Bertz CT molecular complexity index is 526. The van der Waals surface area contributed by atoms with Crippen LogP contribution in [0.2, 0.25) is 0 Å². The van der Waals surface area contributed by atoms with Crippen molar-refractivity contribution in [2.75, 3.05) is 0 Å². The maximum absolute atomic E-state index is 4.56. The molecule has 0 aliphatic carbocycles. The fourth-order valence-corrected chi connectivity index (χ4v) is 2.06. The van der Waals surface area contributed by atoms with Crippen LogP contribution in [0.3, 0.4) is 0 Å². The average Bonchev–Trinajstić information content (AvgIpc) is 2.59. The largest absolute Gasteiger partial charge is 0.272 e. The predicted octanol–water partition coefficient (Wildman–Crippen LogP) is 3.05. The molecule has 0 atom stereocenters. The lowest BCUT2D eigenvalue weighted by atomic mass is 10.0. The SMILES string of the molecule is CCCc1cc(-c2cnn(C)c2C)cc(C)n1. The van der Waals surface area contributed by atoms with E-state index in [9.17, 15) is 0 Å². The first-order chi connectivity index (χ1) is 8.11. The fourth-order valence-electron chi connectivity index (χ4n) is 2.06. The number of pyridine rings is 1. The van der Waals surface area contributed by atoms with E-state index in [1.165, 1.54) is 22.5 Å². The normalized spacial score (nSPS) is 10.8. The molecule has 0 N–H and O–H groups in total. The first-order valence-corrected chi connectivity index (χ1v) is 6.08. The van der Waals surface area contributed by atoms with Crippen LogP contribution in [0.15, 0.2) is 18.3 Å². The van der Waals surface area contributed by atoms with Crippen LogP contribution in [-0.4, -0.2) is 14.8 Å². The summed E-state index contributed by atoms with van der Waals surface area (Å²) >= 11 is 0. The van der Waals surface area contributed by atoms with E-state index in [1.807, 2.05) is 24.9 Å². The molecule has 0 aliphatic heterocycles. The van der Waals surface area contributed by atoms with Gasteiger partial charge in [0.25, 0.3) is 0 Å². The highest BCUT2D eigenvalue weighted by Crippen LogP contribution is 2.24. The van der Waals surface area contributed by atoms with Crippen LogP contribution in [0.1, 0.15) is 30.4 Å². The van der Waals surface area contributed by atoms with Crippen molar-refractivity contribution in [1.29, 1.82) is 0 Å². The third-order valence-electron chi connectivity index (χ3n) is 3.06. The molecular weight excluding hydrogens is 210 g/mol. The van der Waals surface area contributed by atoms with E-state index in [2.05, 4.69) is 36.1 Å². The van der Waals surface area contributed by atoms with E-state index in [0.29, 0.717) is 0 Å². The van der Waals surface area contributed by atoms with Crippen molar-refractivity contribution >= 4 is 0 Å². The number of hydrogen-bond donors (Lipinski definition) is 0. The molecule has 0 unspecified atom stereocenters. The fraction of sp³-hybridized carbons (Fsp3) is 0.429. The van der Waals surface area contributed by atoms with Gasteiger partial charge >= 0.3 is 0 Å². The highest BCUT2D eigenvalue weighted by molar-refractivity contribution is 5.65. The number of aryl methyl sites for hydroxylation is 3. The molecule has 0 spiro atoms. The van der Waals surface area contributed by atoms with Crippen molar-refractivity contribution in [3.63, 3.8) is 0 Å². The summed E-state index contributed by atoms with van der Waals surface area (Å²) in [6, 6.07) is 4.31. The van der Waals surface area contributed by atoms with Gasteiger partial charge in [0.2, 0.25) is 0 Å². The Morgan fingerprint density at radius 3 is 2.59 bits per heavy atom. The van der Waals surface area contributed by atoms with Gasteiger partial charge in [-0.3, -0.25) is 9.67 Å². The summed E-state index contributed by atoms with van der Waals surface area (Å²) in [4.78, 5) is 4.56. The van der Waals surface area contributed by atoms with Gasteiger partial charge in [-0.1, -0.05) is 13.3 Å². The number of aromatic nitrogens is 3. The van der Waals surface area contributed by atoms with E-state index in [1.54, 1.807) is 0 Å². The second kappa shape index (κ2) is 4.70. The van der Waals surface area contributed by atoms with Gasteiger partial charge in [0, 0.05) is 29.7 Å². The standard InChI is InChI=1S/C14H19N3/c1-5-6-13-8-12(7-10(2)16-13)14-9-15-17(4)11(14)3/h7-9H,5-6H2,1-4H3. The summed E-state index contributed by atoms with van der Waals surface area (Å²) in [5.41, 5.74) is 5.87. The molecule has 0 amide bonds. The van der Waals surface area contributed by atoms with Gasteiger partial charge in [-0.2, -0.15) is 5.10 Å². The molecule has 0 saturated heterocycles. The molecule has 0 bridgehead atoms. The Morgan fingerprint density at radius 2 is 2.00 bits per heavy atom. The van der Waals surface area contributed by atoms with Gasteiger partial charge in [-0.25, -0.2) is 0 Å². The zero-order chi connectivity index (χ0) is 12.4. The van der Waals surface area contributed by atoms with E-state index in [0.717, 1.165) is 18.5 Å². The number of nitrogens with zero attached hydrogens (tertiary/aromatic N) is 3. The Balaban J connectivity index is 2.48. The van der Waals surface area contributed by atoms with Crippen LogP contribution >= 0.6 is 0 Å².